The molecule has 1 atom stereocenters. The molecule has 1 aliphatic heterocycles. The van der Waals surface area contributed by atoms with E-state index in [9.17, 15) is 4.79 Å². The Hall–Kier alpha value is -1.36. The third-order valence-corrected chi connectivity index (χ3v) is 4.76. The van der Waals surface area contributed by atoms with Crippen LogP contribution in [0.1, 0.15) is 26.2 Å². The van der Waals surface area contributed by atoms with Crippen molar-refractivity contribution in [2.75, 3.05) is 27.3 Å². The predicted molar refractivity (Wildman–Crippen MR) is 85.3 cm³/mol. The Labute approximate surface area is 130 Å². The van der Waals surface area contributed by atoms with E-state index in [4.69, 9.17) is 9.47 Å². The molecule has 1 aliphatic rings. The lowest BCUT2D eigenvalue weighted by Gasteiger charge is -2.29. The standard InChI is InChI=1S/C16H23NO3S/c1-12(16(18)17-9-5-4-6-10-17)21-13-7-8-14(19-2)15(11-13)20-3/h7-8,11-12H,4-6,9-10H2,1-3H3/t12-/m1/s1. The minimum Gasteiger partial charge on any atom is -0.493 e. The van der Waals surface area contributed by atoms with E-state index in [1.807, 2.05) is 30.0 Å². The average Bonchev–Trinajstić information content (AvgIpc) is 2.54. The molecule has 0 spiro atoms. The van der Waals surface area contributed by atoms with Crippen LogP contribution in [0.15, 0.2) is 23.1 Å². The van der Waals surface area contributed by atoms with Gasteiger partial charge in [-0.1, -0.05) is 0 Å². The molecule has 0 bridgehead atoms. The SMILES string of the molecule is COc1ccc(S[C@H](C)C(=O)N2CCCCC2)cc1OC. The van der Waals surface area contributed by atoms with Gasteiger partial charge >= 0.3 is 0 Å². The van der Waals surface area contributed by atoms with E-state index in [2.05, 4.69) is 0 Å². The molecule has 0 radical (unpaired) electrons. The molecule has 1 heterocycles. The van der Waals surface area contributed by atoms with Crippen molar-refractivity contribution in [2.45, 2.75) is 36.3 Å². The summed E-state index contributed by atoms with van der Waals surface area (Å²) in [6, 6.07) is 5.76. The molecule has 0 aromatic heterocycles. The maximum Gasteiger partial charge on any atom is 0.235 e. The fourth-order valence-electron chi connectivity index (χ4n) is 2.52. The highest BCUT2D eigenvalue weighted by atomic mass is 32.2. The van der Waals surface area contributed by atoms with E-state index >= 15 is 0 Å². The lowest BCUT2D eigenvalue weighted by molar-refractivity contribution is -0.131. The Morgan fingerprint density at radius 3 is 2.43 bits per heavy atom. The van der Waals surface area contributed by atoms with Crippen LogP contribution in [0.4, 0.5) is 0 Å². The van der Waals surface area contributed by atoms with Crippen LogP contribution in [0.3, 0.4) is 0 Å². The number of methoxy groups -OCH3 is 2. The number of ether oxygens (including phenoxy) is 2. The van der Waals surface area contributed by atoms with E-state index in [0.717, 1.165) is 30.8 Å². The molecule has 5 heteroatoms. The molecule has 1 saturated heterocycles. The van der Waals surface area contributed by atoms with E-state index in [-0.39, 0.29) is 11.2 Å². The molecular weight excluding hydrogens is 286 g/mol. The molecule has 21 heavy (non-hydrogen) atoms. The molecule has 0 unspecified atom stereocenters. The van der Waals surface area contributed by atoms with Crippen molar-refractivity contribution in [1.82, 2.24) is 4.90 Å². The molecule has 1 aromatic rings. The van der Waals surface area contributed by atoms with Crippen molar-refractivity contribution < 1.29 is 14.3 Å². The first-order valence-corrected chi connectivity index (χ1v) is 8.21. The number of likely N-dealkylation sites (tertiary alicyclic amines) is 1. The van der Waals surface area contributed by atoms with Gasteiger partial charge in [0.2, 0.25) is 5.91 Å². The van der Waals surface area contributed by atoms with E-state index in [1.165, 1.54) is 6.42 Å². The summed E-state index contributed by atoms with van der Waals surface area (Å²) in [5.41, 5.74) is 0. The molecule has 0 N–H and O–H groups in total. The van der Waals surface area contributed by atoms with Gasteiger partial charge in [-0.25, -0.2) is 0 Å². The Kier molecular flexibility index (Phi) is 5.79. The van der Waals surface area contributed by atoms with Crippen molar-refractivity contribution in [2.24, 2.45) is 0 Å². The monoisotopic (exact) mass is 309 g/mol. The lowest BCUT2D eigenvalue weighted by atomic mass is 10.1. The Bertz CT molecular complexity index is 486. The van der Waals surface area contributed by atoms with Crippen LogP contribution in [0, 0.1) is 0 Å². The van der Waals surface area contributed by atoms with Gasteiger partial charge in [0.25, 0.3) is 0 Å². The number of carbonyl (C=O) groups excluding carboxylic acids is 1. The Balaban J connectivity index is 2.01. The second kappa shape index (κ2) is 7.59. The first-order chi connectivity index (χ1) is 10.2. The number of benzene rings is 1. The number of thioether (sulfide) groups is 1. The number of amides is 1. The lowest BCUT2D eigenvalue weighted by Crippen LogP contribution is -2.40. The zero-order valence-corrected chi connectivity index (χ0v) is 13.7. The second-order valence-corrected chi connectivity index (χ2v) is 6.58. The van der Waals surface area contributed by atoms with Crippen molar-refractivity contribution in [1.29, 1.82) is 0 Å². The van der Waals surface area contributed by atoms with Crippen LogP contribution >= 0.6 is 11.8 Å². The van der Waals surface area contributed by atoms with Crippen LogP contribution in [0.5, 0.6) is 11.5 Å². The summed E-state index contributed by atoms with van der Waals surface area (Å²) in [6.45, 7) is 3.77. The summed E-state index contributed by atoms with van der Waals surface area (Å²) in [4.78, 5) is 15.4. The highest BCUT2D eigenvalue weighted by Crippen LogP contribution is 2.34. The maximum absolute atomic E-state index is 12.4. The first kappa shape index (κ1) is 16.0. The fraction of sp³-hybridized carbons (Fsp3) is 0.562. The van der Waals surface area contributed by atoms with Gasteiger partial charge in [0.05, 0.1) is 19.5 Å². The smallest absolute Gasteiger partial charge is 0.235 e. The molecule has 4 nitrogen and oxygen atoms in total. The summed E-state index contributed by atoms with van der Waals surface area (Å²) >= 11 is 1.57. The van der Waals surface area contributed by atoms with Crippen molar-refractivity contribution in [3.8, 4) is 11.5 Å². The minimum absolute atomic E-state index is 0.0822. The number of rotatable bonds is 5. The van der Waals surface area contributed by atoms with Crippen molar-refractivity contribution >= 4 is 17.7 Å². The largest absolute Gasteiger partial charge is 0.493 e. The summed E-state index contributed by atoms with van der Waals surface area (Å²) in [5.74, 6) is 1.63. The van der Waals surface area contributed by atoms with Crippen molar-refractivity contribution in [3.05, 3.63) is 18.2 Å². The molecular formula is C16H23NO3S. The number of carbonyl (C=O) groups is 1. The van der Waals surface area contributed by atoms with Gasteiger partial charge in [0.15, 0.2) is 11.5 Å². The Morgan fingerprint density at radius 2 is 1.81 bits per heavy atom. The average molecular weight is 309 g/mol. The molecule has 1 aromatic carbocycles. The van der Waals surface area contributed by atoms with Gasteiger partial charge in [-0.15, -0.1) is 11.8 Å². The zero-order chi connectivity index (χ0) is 15.2. The molecule has 1 amide bonds. The van der Waals surface area contributed by atoms with E-state index < -0.39 is 0 Å². The van der Waals surface area contributed by atoms with Crippen LogP contribution in [0.2, 0.25) is 0 Å². The fourth-order valence-corrected chi connectivity index (χ4v) is 3.50. The Morgan fingerprint density at radius 1 is 1.14 bits per heavy atom. The van der Waals surface area contributed by atoms with Crippen LogP contribution in [0.25, 0.3) is 0 Å². The molecule has 116 valence electrons. The first-order valence-electron chi connectivity index (χ1n) is 7.33. The summed E-state index contributed by atoms with van der Waals surface area (Å²) in [7, 11) is 3.24. The highest BCUT2D eigenvalue weighted by Gasteiger charge is 2.23. The number of hydrogen-bond donors (Lipinski definition) is 0. The van der Waals surface area contributed by atoms with Gasteiger partial charge in [0, 0.05) is 18.0 Å². The molecule has 0 saturated carbocycles. The van der Waals surface area contributed by atoms with Gasteiger partial charge in [0.1, 0.15) is 0 Å². The number of nitrogens with zero attached hydrogens (tertiary/aromatic N) is 1. The summed E-state index contributed by atoms with van der Waals surface area (Å²) in [5, 5.41) is -0.0822. The van der Waals surface area contributed by atoms with Crippen molar-refractivity contribution in [3.63, 3.8) is 0 Å². The predicted octanol–water partition coefficient (Wildman–Crippen LogP) is 3.20. The van der Waals surface area contributed by atoms with Crippen LogP contribution < -0.4 is 9.47 Å². The number of hydrogen-bond acceptors (Lipinski definition) is 4. The molecule has 2 rings (SSSR count). The highest BCUT2D eigenvalue weighted by molar-refractivity contribution is 8.00. The van der Waals surface area contributed by atoms with Crippen LogP contribution in [-0.4, -0.2) is 43.4 Å². The van der Waals surface area contributed by atoms with Gasteiger partial charge in [-0.3, -0.25) is 4.79 Å². The normalized spacial score (nSPS) is 16.4. The minimum atomic E-state index is -0.0822. The topological polar surface area (TPSA) is 38.8 Å². The quantitative estimate of drug-likeness (QED) is 0.783. The number of piperidine rings is 1. The summed E-state index contributed by atoms with van der Waals surface area (Å²) < 4.78 is 10.5. The van der Waals surface area contributed by atoms with Gasteiger partial charge in [-0.2, -0.15) is 0 Å². The summed E-state index contributed by atoms with van der Waals surface area (Å²) in [6.07, 6.45) is 3.49. The van der Waals surface area contributed by atoms with Crippen LogP contribution in [-0.2, 0) is 4.79 Å². The van der Waals surface area contributed by atoms with Gasteiger partial charge < -0.3 is 14.4 Å². The second-order valence-electron chi connectivity index (χ2n) is 5.16. The van der Waals surface area contributed by atoms with E-state index in [1.54, 1.807) is 26.0 Å². The molecule has 0 aliphatic carbocycles. The van der Waals surface area contributed by atoms with Gasteiger partial charge in [-0.05, 0) is 44.4 Å². The third kappa shape index (κ3) is 4.06. The third-order valence-electron chi connectivity index (χ3n) is 3.68. The zero-order valence-electron chi connectivity index (χ0n) is 12.9. The molecule has 1 fully saturated rings. The van der Waals surface area contributed by atoms with E-state index in [0.29, 0.717) is 11.5 Å². The maximum atomic E-state index is 12.4.